The largest absolute Gasteiger partial charge is 0.309 e. The van der Waals surface area contributed by atoms with E-state index in [1.807, 2.05) is 24.3 Å². The number of benzene rings is 1. The molecule has 4 nitrogen and oxygen atoms in total. The van der Waals surface area contributed by atoms with Crippen LogP contribution in [0, 0.1) is 0 Å². The van der Waals surface area contributed by atoms with Crippen molar-refractivity contribution in [2.24, 2.45) is 0 Å². The van der Waals surface area contributed by atoms with Crippen molar-refractivity contribution in [3.63, 3.8) is 0 Å². The van der Waals surface area contributed by atoms with Crippen molar-refractivity contribution in [1.82, 2.24) is 10.2 Å². The average molecular weight is 215 g/mol. The van der Waals surface area contributed by atoms with Gasteiger partial charge in [-0.25, -0.2) is 0 Å². The topological polar surface area (TPSA) is 57.8 Å². The lowest BCUT2D eigenvalue weighted by molar-refractivity contribution is -0.116. The van der Waals surface area contributed by atoms with E-state index in [9.17, 15) is 4.79 Å². The lowest BCUT2D eigenvalue weighted by atomic mass is 10.2. The van der Waals surface area contributed by atoms with Gasteiger partial charge in [-0.2, -0.15) is 5.10 Å². The summed E-state index contributed by atoms with van der Waals surface area (Å²) in [6, 6.07) is 7.67. The number of carbonyl (C=O) groups is 1. The number of allylic oxidation sites excluding steroid dienone is 1. The molecule has 0 atom stereocenters. The third kappa shape index (κ3) is 2.11. The van der Waals surface area contributed by atoms with Gasteiger partial charge in [-0.15, -0.1) is 6.58 Å². The molecule has 4 heteroatoms. The van der Waals surface area contributed by atoms with E-state index in [0.717, 1.165) is 10.9 Å². The summed E-state index contributed by atoms with van der Waals surface area (Å²) in [4.78, 5) is 11.5. The number of rotatable bonds is 4. The summed E-state index contributed by atoms with van der Waals surface area (Å²) < 4.78 is 0. The number of hydrogen-bond donors (Lipinski definition) is 2. The number of aromatic nitrogens is 2. The summed E-state index contributed by atoms with van der Waals surface area (Å²) in [6.07, 6.45) is 2.83. The molecule has 82 valence electrons. The number of H-pyrrole nitrogens is 1. The first kappa shape index (κ1) is 10.4. The first-order chi connectivity index (χ1) is 7.81. The van der Waals surface area contributed by atoms with Gasteiger partial charge in [0.2, 0.25) is 5.91 Å². The molecular formula is C12H13N3O. The summed E-state index contributed by atoms with van der Waals surface area (Å²) in [6.45, 7) is 3.58. The molecule has 0 fully saturated rings. The number of amides is 1. The highest BCUT2D eigenvalue weighted by Gasteiger charge is 2.07. The monoisotopic (exact) mass is 215 g/mol. The number of anilines is 1. The van der Waals surface area contributed by atoms with Crippen LogP contribution in [0.5, 0.6) is 0 Å². The Morgan fingerprint density at radius 2 is 2.31 bits per heavy atom. The van der Waals surface area contributed by atoms with Crippen molar-refractivity contribution in [2.45, 2.75) is 12.8 Å². The van der Waals surface area contributed by atoms with Gasteiger partial charge in [0.05, 0.1) is 5.52 Å². The zero-order chi connectivity index (χ0) is 11.4. The van der Waals surface area contributed by atoms with Gasteiger partial charge >= 0.3 is 0 Å². The van der Waals surface area contributed by atoms with E-state index in [1.165, 1.54) is 0 Å². The molecule has 1 amide bonds. The molecule has 0 saturated carbocycles. The standard InChI is InChI=1S/C12H13N3O/c1-2-3-8-11(16)13-12-9-6-4-5-7-10(9)14-15-12/h2,4-7H,1,3,8H2,(H2,13,14,15,16). The molecule has 2 aromatic rings. The Morgan fingerprint density at radius 1 is 1.50 bits per heavy atom. The quantitative estimate of drug-likeness (QED) is 0.770. The smallest absolute Gasteiger partial charge is 0.225 e. The van der Waals surface area contributed by atoms with Crippen LogP contribution in [0.15, 0.2) is 36.9 Å². The predicted octanol–water partition coefficient (Wildman–Crippen LogP) is 2.47. The van der Waals surface area contributed by atoms with E-state index in [1.54, 1.807) is 6.08 Å². The normalized spacial score (nSPS) is 10.2. The Kier molecular flexibility index (Phi) is 3.00. The highest BCUT2D eigenvalue weighted by atomic mass is 16.1. The number of aromatic amines is 1. The third-order valence-electron chi connectivity index (χ3n) is 2.30. The summed E-state index contributed by atoms with van der Waals surface area (Å²) in [5.41, 5.74) is 0.918. The summed E-state index contributed by atoms with van der Waals surface area (Å²) in [5, 5.41) is 10.6. The maximum Gasteiger partial charge on any atom is 0.225 e. The molecule has 16 heavy (non-hydrogen) atoms. The van der Waals surface area contributed by atoms with Crippen LogP contribution < -0.4 is 5.32 Å². The highest BCUT2D eigenvalue weighted by Crippen LogP contribution is 2.19. The molecule has 2 rings (SSSR count). The van der Waals surface area contributed by atoms with E-state index in [4.69, 9.17) is 0 Å². The average Bonchev–Trinajstić information content (AvgIpc) is 2.70. The van der Waals surface area contributed by atoms with Crippen LogP contribution in [0.1, 0.15) is 12.8 Å². The maximum absolute atomic E-state index is 11.5. The Balaban J connectivity index is 2.15. The SMILES string of the molecule is C=CCCC(=O)Nc1n[nH]c2ccccc12. The van der Waals surface area contributed by atoms with Gasteiger partial charge in [0.25, 0.3) is 0 Å². The minimum absolute atomic E-state index is 0.0443. The summed E-state index contributed by atoms with van der Waals surface area (Å²) >= 11 is 0. The number of hydrogen-bond acceptors (Lipinski definition) is 2. The lowest BCUT2D eigenvalue weighted by Gasteiger charge is -2.00. The van der Waals surface area contributed by atoms with Crippen molar-refractivity contribution in [2.75, 3.05) is 5.32 Å². The molecule has 0 unspecified atom stereocenters. The van der Waals surface area contributed by atoms with Crippen LogP contribution in [-0.2, 0) is 4.79 Å². The van der Waals surface area contributed by atoms with E-state index >= 15 is 0 Å². The minimum Gasteiger partial charge on any atom is -0.309 e. The fourth-order valence-corrected chi connectivity index (χ4v) is 1.49. The summed E-state index contributed by atoms with van der Waals surface area (Å²) in [7, 11) is 0. The molecule has 0 saturated heterocycles. The number of para-hydroxylation sites is 1. The van der Waals surface area contributed by atoms with Crippen LogP contribution in [0.3, 0.4) is 0 Å². The van der Waals surface area contributed by atoms with Crippen molar-refractivity contribution in [3.8, 4) is 0 Å². The molecule has 1 aromatic heterocycles. The van der Waals surface area contributed by atoms with E-state index in [2.05, 4.69) is 22.1 Å². The molecule has 1 aromatic carbocycles. The van der Waals surface area contributed by atoms with Crippen molar-refractivity contribution in [1.29, 1.82) is 0 Å². The van der Waals surface area contributed by atoms with Crippen LogP contribution in [0.25, 0.3) is 10.9 Å². The van der Waals surface area contributed by atoms with E-state index < -0.39 is 0 Å². The molecule has 0 aliphatic rings. The second kappa shape index (κ2) is 4.61. The molecule has 0 bridgehead atoms. The predicted molar refractivity (Wildman–Crippen MR) is 64.2 cm³/mol. The van der Waals surface area contributed by atoms with E-state index in [0.29, 0.717) is 18.7 Å². The first-order valence-electron chi connectivity index (χ1n) is 5.15. The number of nitrogens with one attached hydrogen (secondary N) is 2. The Bertz CT molecular complexity index is 516. The minimum atomic E-state index is -0.0443. The van der Waals surface area contributed by atoms with Gasteiger partial charge in [0.1, 0.15) is 0 Å². The molecule has 1 heterocycles. The molecule has 0 aliphatic heterocycles. The van der Waals surface area contributed by atoms with Crippen LogP contribution in [0.2, 0.25) is 0 Å². The maximum atomic E-state index is 11.5. The highest BCUT2D eigenvalue weighted by molar-refractivity contribution is 5.99. The number of fused-ring (bicyclic) bond motifs is 1. The second-order valence-electron chi connectivity index (χ2n) is 3.49. The van der Waals surface area contributed by atoms with Gasteiger partial charge in [0.15, 0.2) is 5.82 Å². The second-order valence-corrected chi connectivity index (χ2v) is 3.49. The van der Waals surface area contributed by atoms with Crippen LogP contribution in [0.4, 0.5) is 5.82 Å². The first-order valence-corrected chi connectivity index (χ1v) is 5.15. The van der Waals surface area contributed by atoms with Crippen molar-refractivity contribution < 1.29 is 4.79 Å². The fraction of sp³-hybridized carbons (Fsp3) is 0.167. The lowest BCUT2D eigenvalue weighted by Crippen LogP contribution is -2.11. The zero-order valence-corrected chi connectivity index (χ0v) is 8.86. The zero-order valence-electron chi connectivity index (χ0n) is 8.86. The van der Waals surface area contributed by atoms with Crippen LogP contribution >= 0.6 is 0 Å². The van der Waals surface area contributed by atoms with E-state index in [-0.39, 0.29) is 5.91 Å². The van der Waals surface area contributed by atoms with Gasteiger partial charge in [-0.1, -0.05) is 18.2 Å². The van der Waals surface area contributed by atoms with Crippen molar-refractivity contribution in [3.05, 3.63) is 36.9 Å². The number of nitrogens with zero attached hydrogens (tertiary/aromatic N) is 1. The van der Waals surface area contributed by atoms with Crippen molar-refractivity contribution >= 4 is 22.6 Å². The molecule has 0 spiro atoms. The van der Waals surface area contributed by atoms with Gasteiger partial charge in [-0.05, 0) is 18.6 Å². The Hall–Kier alpha value is -2.10. The molecule has 0 aliphatic carbocycles. The fourth-order valence-electron chi connectivity index (χ4n) is 1.49. The Labute approximate surface area is 93.4 Å². The summed E-state index contributed by atoms with van der Waals surface area (Å²) in [5.74, 6) is 0.543. The van der Waals surface area contributed by atoms with Crippen LogP contribution in [-0.4, -0.2) is 16.1 Å². The number of carbonyl (C=O) groups excluding carboxylic acids is 1. The molecule has 0 radical (unpaired) electrons. The van der Waals surface area contributed by atoms with Gasteiger partial charge in [0, 0.05) is 11.8 Å². The molecule has 2 N–H and O–H groups in total. The van der Waals surface area contributed by atoms with Gasteiger partial charge in [-0.3, -0.25) is 9.89 Å². The third-order valence-corrected chi connectivity index (χ3v) is 2.30. The Morgan fingerprint density at radius 3 is 3.12 bits per heavy atom. The molecular weight excluding hydrogens is 202 g/mol. The van der Waals surface area contributed by atoms with Gasteiger partial charge < -0.3 is 5.32 Å².